The second-order valence-corrected chi connectivity index (χ2v) is 8.08. The fourth-order valence-electron chi connectivity index (χ4n) is 4.21. The van der Waals surface area contributed by atoms with Crippen LogP contribution in [0.2, 0.25) is 0 Å². The standard InChI is InChI=1S/C24H23N5O2/c1-28(2)24(31)16-5-3-4-15(12-16)6-8-18-13-20-17(14-26-18)7-9-19-21(20)27-29-11-10-25-23(30)22(19)29/h3-6,8,12-14H,7,9-11H2,1-2H3,(H,25,30)/b8-6+. The van der Waals surface area contributed by atoms with E-state index in [1.807, 2.05) is 53.4 Å². The lowest BCUT2D eigenvalue weighted by Gasteiger charge is -2.17. The van der Waals surface area contributed by atoms with Crippen molar-refractivity contribution in [2.75, 3.05) is 20.6 Å². The third kappa shape index (κ3) is 3.42. The van der Waals surface area contributed by atoms with Crippen LogP contribution in [0.1, 0.15) is 43.2 Å². The normalized spacial score (nSPS) is 14.6. The number of benzene rings is 1. The van der Waals surface area contributed by atoms with Crippen LogP contribution in [0.5, 0.6) is 0 Å². The van der Waals surface area contributed by atoms with Crippen molar-refractivity contribution >= 4 is 24.0 Å². The monoisotopic (exact) mass is 413 g/mol. The van der Waals surface area contributed by atoms with E-state index in [1.165, 1.54) is 0 Å². The van der Waals surface area contributed by atoms with Crippen LogP contribution in [0.15, 0.2) is 36.5 Å². The SMILES string of the molecule is CN(C)C(=O)c1cccc(/C=C/c2cc3c(cn2)CCc2c-3nn3c2C(=O)NCC3)c1. The quantitative estimate of drug-likeness (QED) is 0.716. The van der Waals surface area contributed by atoms with Crippen molar-refractivity contribution < 1.29 is 9.59 Å². The molecule has 2 aliphatic rings. The van der Waals surface area contributed by atoms with Gasteiger partial charge in [-0.05, 0) is 48.2 Å². The topological polar surface area (TPSA) is 80.1 Å². The van der Waals surface area contributed by atoms with Gasteiger partial charge in [0.1, 0.15) is 5.69 Å². The average molecular weight is 413 g/mol. The maximum Gasteiger partial charge on any atom is 0.269 e. The number of carbonyl (C=O) groups excluding carboxylic acids is 2. The fraction of sp³-hybridized carbons (Fsp3) is 0.250. The Kier molecular flexibility index (Phi) is 4.66. The molecule has 1 aliphatic carbocycles. The minimum absolute atomic E-state index is 0.0255. The molecule has 0 atom stereocenters. The largest absolute Gasteiger partial charge is 0.349 e. The molecule has 1 N–H and O–H groups in total. The Bertz CT molecular complexity index is 1240. The molecule has 7 nitrogen and oxygen atoms in total. The average Bonchev–Trinajstić information content (AvgIpc) is 3.17. The maximum absolute atomic E-state index is 12.4. The molecular formula is C24H23N5O2. The second kappa shape index (κ2) is 7.50. The molecule has 3 heterocycles. The first kappa shape index (κ1) is 19.2. The van der Waals surface area contributed by atoms with Gasteiger partial charge in [0.2, 0.25) is 0 Å². The number of carbonyl (C=O) groups is 2. The van der Waals surface area contributed by atoms with Gasteiger partial charge in [0.25, 0.3) is 11.8 Å². The van der Waals surface area contributed by atoms with Gasteiger partial charge in [0, 0.05) is 43.5 Å². The van der Waals surface area contributed by atoms with E-state index in [4.69, 9.17) is 5.10 Å². The van der Waals surface area contributed by atoms with Gasteiger partial charge in [-0.25, -0.2) is 0 Å². The van der Waals surface area contributed by atoms with E-state index in [-0.39, 0.29) is 11.8 Å². The zero-order chi connectivity index (χ0) is 21.5. The lowest BCUT2D eigenvalue weighted by atomic mass is 9.89. The molecule has 156 valence electrons. The van der Waals surface area contributed by atoms with Gasteiger partial charge in [0.05, 0.1) is 17.9 Å². The van der Waals surface area contributed by atoms with Crippen LogP contribution >= 0.6 is 0 Å². The van der Waals surface area contributed by atoms with E-state index in [2.05, 4.69) is 10.3 Å². The summed E-state index contributed by atoms with van der Waals surface area (Å²) in [5, 5.41) is 7.67. The first-order valence-electron chi connectivity index (χ1n) is 10.4. The van der Waals surface area contributed by atoms with Crippen molar-refractivity contribution in [3.8, 4) is 11.3 Å². The first-order valence-corrected chi connectivity index (χ1v) is 10.4. The van der Waals surface area contributed by atoms with Crippen molar-refractivity contribution in [2.24, 2.45) is 0 Å². The highest BCUT2D eigenvalue weighted by Gasteiger charge is 2.30. The summed E-state index contributed by atoms with van der Waals surface area (Å²) in [7, 11) is 3.49. The van der Waals surface area contributed by atoms with Crippen LogP contribution in [0.3, 0.4) is 0 Å². The second-order valence-electron chi connectivity index (χ2n) is 8.08. The van der Waals surface area contributed by atoms with Crippen molar-refractivity contribution in [2.45, 2.75) is 19.4 Å². The lowest BCUT2D eigenvalue weighted by Crippen LogP contribution is -2.36. The highest BCUT2D eigenvalue weighted by Crippen LogP contribution is 2.35. The van der Waals surface area contributed by atoms with E-state index in [9.17, 15) is 9.59 Å². The minimum Gasteiger partial charge on any atom is -0.349 e. The summed E-state index contributed by atoms with van der Waals surface area (Å²) >= 11 is 0. The van der Waals surface area contributed by atoms with Gasteiger partial charge in [-0.15, -0.1) is 0 Å². The van der Waals surface area contributed by atoms with Crippen LogP contribution in [0.4, 0.5) is 0 Å². The number of nitrogens with zero attached hydrogens (tertiary/aromatic N) is 4. The molecule has 0 saturated heterocycles. The molecule has 1 aromatic carbocycles. The Morgan fingerprint density at radius 3 is 2.90 bits per heavy atom. The molecule has 5 rings (SSSR count). The summed E-state index contributed by atoms with van der Waals surface area (Å²) in [6, 6.07) is 9.56. The summed E-state index contributed by atoms with van der Waals surface area (Å²) in [6.07, 6.45) is 7.45. The van der Waals surface area contributed by atoms with E-state index < -0.39 is 0 Å². The van der Waals surface area contributed by atoms with Gasteiger partial charge in [-0.3, -0.25) is 19.3 Å². The number of fused-ring (bicyclic) bond motifs is 5. The van der Waals surface area contributed by atoms with Gasteiger partial charge >= 0.3 is 0 Å². The number of rotatable bonds is 3. The molecule has 7 heteroatoms. The molecule has 31 heavy (non-hydrogen) atoms. The van der Waals surface area contributed by atoms with Gasteiger partial charge in [0.15, 0.2) is 0 Å². The minimum atomic E-state index is -0.0372. The molecular weight excluding hydrogens is 390 g/mol. The number of aryl methyl sites for hydroxylation is 1. The third-order valence-electron chi connectivity index (χ3n) is 5.77. The molecule has 0 fully saturated rings. The lowest BCUT2D eigenvalue weighted by molar-refractivity contribution is 0.0827. The number of amides is 2. The summed E-state index contributed by atoms with van der Waals surface area (Å²) in [4.78, 5) is 30.7. The molecule has 1 aliphatic heterocycles. The predicted molar refractivity (Wildman–Crippen MR) is 119 cm³/mol. The van der Waals surface area contributed by atoms with Crippen molar-refractivity contribution in [1.82, 2.24) is 25.0 Å². The number of hydrogen-bond acceptors (Lipinski definition) is 4. The fourth-order valence-corrected chi connectivity index (χ4v) is 4.21. The van der Waals surface area contributed by atoms with Crippen LogP contribution in [0.25, 0.3) is 23.4 Å². The smallest absolute Gasteiger partial charge is 0.269 e. The molecule has 0 radical (unpaired) electrons. The van der Waals surface area contributed by atoms with Crippen molar-refractivity contribution in [3.63, 3.8) is 0 Å². The van der Waals surface area contributed by atoms with Crippen LogP contribution in [-0.2, 0) is 19.4 Å². The summed E-state index contributed by atoms with van der Waals surface area (Å²) < 4.78 is 1.84. The first-order chi connectivity index (χ1) is 15.0. The molecule has 2 amide bonds. The van der Waals surface area contributed by atoms with Gasteiger partial charge in [-0.2, -0.15) is 5.10 Å². The van der Waals surface area contributed by atoms with E-state index in [0.29, 0.717) is 24.3 Å². The Balaban J connectivity index is 1.47. The maximum atomic E-state index is 12.4. The summed E-state index contributed by atoms with van der Waals surface area (Å²) in [6.45, 7) is 1.31. The Labute approximate surface area is 180 Å². The van der Waals surface area contributed by atoms with Crippen LogP contribution < -0.4 is 5.32 Å². The van der Waals surface area contributed by atoms with E-state index in [1.54, 1.807) is 19.0 Å². The summed E-state index contributed by atoms with van der Waals surface area (Å²) in [5.74, 6) is -0.0627. The number of pyridine rings is 1. The van der Waals surface area contributed by atoms with Gasteiger partial charge in [-0.1, -0.05) is 18.2 Å². The molecule has 0 unspecified atom stereocenters. The van der Waals surface area contributed by atoms with E-state index in [0.717, 1.165) is 46.5 Å². The Morgan fingerprint density at radius 1 is 1.19 bits per heavy atom. The highest BCUT2D eigenvalue weighted by atomic mass is 16.2. The zero-order valence-corrected chi connectivity index (χ0v) is 17.6. The summed E-state index contributed by atoms with van der Waals surface area (Å²) in [5.41, 5.74) is 7.21. The molecule has 0 bridgehead atoms. The Hall–Kier alpha value is -3.74. The van der Waals surface area contributed by atoms with Gasteiger partial charge < -0.3 is 10.2 Å². The third-order valence-corrected chi connectivity index (χ3v) is 5.77. The van der Waals surface area contributed by atoms with Crippen molar-refractivity contribution in [1.29, 1.82) is 0 Å². The molecule has 0 saturated carbocycles. The van der Waals surface area contributed by atoms with Crippen LogP contribution in [-0.4, -0.2) is 52.1 Å². The number of hydrogen-bond donors (Lipinski definition) is 1. The van der Waals surface area contributed by atoms with E-state index >= 15 is 0 Å². The zero-order valence-electron chi connectivity index (χ0n) is 17.6. The predicted octanol–water partition coefficient (Wildman–Crippen LogP) is 2.66. The highest BCUT2D eigenvalue weighted by molar-refractivity contribution is 5.97. The molecule has 3 aromatic rings. The van der Waals surface area contributed by atoms with Crippen LogP contribution in [0, 0.1) is 0 Å². The number of nitrogens with one attached hydrogen (secondary N) is 1. The number of aromatic nitrogens is 3. The molecule has 2 aromatic heterocycles. The molecule has 0 spiro atoms. The Morgan fingerprint density at radius 2 is 2.06 bits per heavy atom. The van der Waals surface area contributed by atoms with Crippen molar-refractivity contribution in [3.05, 3.63) is 70.2 Å².